The highest BCUT2D eigenvalue weighted by atomic mass is 35.5. The smallest absolute Gasteiger partial charge is 0.140 e. The second-order valence-electron chi connectivity index (χ2n) is 13.7. The van der Waals surface area contributed by atoms with Gasteiger partial charge in [0.2, 0.25) is 0 Å². The van der Waals surface area contributed by atoms with E-state index in [4.69, 9.17) is 48.4 Å². The molecule has 3 heterocycles. The summed E-state index contributed by atoms with van der Waals surface area (Å²) in [4.78, 5) is 8.62. The first kappa shape index (κ1) is 40.9. The van der Waals surface area contributed by atoms with E-state index in [1.165, 1.54) is 18.4 Å². The first-order valence-electron chi connectivity index (χ1n) is 18.1. The van der Waals surface area contributed by atoms with Gasteiger partial charge in [0, 0.05) is 46.8 Å². The molecule has 9 heteroatoms. The molecule has 0 aliphatic carbocycles. The lowest BCUT2D eigenvalue weighted by molar-refractivity contribution is 0.198. The number of rotatable bonds is 9. The lowest BCUT2D eigenvalue weighted by atomic mass is 9.97. The van der Waals surface area contributed by atoms with E-state index in [0.717, 1.165) is 82.2 Å². The van der Waals surface area contributed by atoms with Gasteiger partial charge in [-0.3, -0.25) is 4.98 Å². The fourth-order valence-electron chi connectivity index (χ4n) is 5.98. The van der Waals surface area contributed by atoms with E-state index < -0.39 is 5.54 Å². The van der Waals surface area contributed by atoms with Gasteiger partial charge in [0.05, 0.1) is 25.5 Å². The maximum atomic E-state index is 8.82. The minimum Gasteiger partial charge on any atom is -0.496 e. The topological polar surface area (TPSA) is 103 Å². The predicted octanol–water partition coefficient (Wildman–Crippen LogP) is 10.9. The number of halogens is 2. The summed E-state index contributed by atoms with van der Waals surface area (Å²) in [7, 11) is 3.34. The van der Waals surface area contributed by atoms with Crippen LogP contribution in [0.15, 0.2) is 122 Å². The van der Waals surface area contributed by atoms with Crippen molar-refractivity contribution in [3.05, 3.63) is 165 Å². The van der Waals surface area contributed by atoms with Crippen LogP contribution in [0, 0.1) is 11.3 Å². The van der Waals surface area contributed by atoms with Gasteiger partial charge in [-0.25, -0.2) is 4.98 Å². The van der Waals surface area contributed by atoms with Gasteiger partial charge in [-0.15, -0.1) is 0 Å². The van der Waals surface area contributed by atoms with Gasteiger partial charge in [0.1, 0.15) is 23.3 Å². The van der Waals surface area contributed by atoms with Crippen LogP contribution in [0.5, 0.6) is 11.5 Å². The van der Waals surface area contributed by atoms with Crippen molar-refractivity contribution in [1.82, 2.24) is 9.97 Å². The van der Waals surface area contributed by atoms with Gasteiger partial charge in [0.15, 0.2) is 0 Å². The minimum atomic E-state index is -0.432. The number of methoxy groups -OCH3 is 2. The molecule has 1 saturated heterocycles. The third-order valence-corrected chi connectivity index (χ3v) is 9.34. The van der Waals surface area contributed by atoms with Crippen molar-refractivity contribution in [2.45, 2.75) is 45.1 Å². The zero-order chi connectivity index (χ0) is 39.2. The highest BCUT2D eigenvalue weighted by molar-refractivity contribution is 6.31. The first-order chi connectivity index (χ1) is 26.6. The molecule has 0 spiro atoms. The summed E-state index contributed by atoms with van der Waals surface area (Å²) in [6, 6.07) is 37.6. The molecule has 7 rings (SSSR count). The van der Waals surface area contributed by atoms with Crippen LogP contribution in [-0.2, 0) is 23.1 Å². The zero-order valence-corrected chi connectivity index (χ0v) is 33.2. The van der Waals surface area contributed by atoms with E-state index in [9.17, 15) is 0 Å². The van der Waals surface area contributed by atoms with Crippen molar-refractivity contribution in [1.29, 1.82) is 5.26 Å². The van der Waals surface area contributed by atoms with Crippen molar-refractivity contribution in [3.63, 3.8) is 0 Å². The number of nitrogens with two attached hydrogens (primary N) is 1. The fraction of sp³-hybridized carbons (Fsp3) is 0.239. The monoisotopic (exact) mass is 772 g/mol. The van der Waals surface area contributed by atoms with Crippen molar-refractivity contribution in [2.75, 3.05) is 27.4 Å². The molecule has 0 amide bonds. The Kier molecular flexibility index (Phi) is 14.8. The second kappa shape index (κ2) is 19.9. The molecular formula is C46H46Cl2N4O3. The number of pyridine rings is 2. The molecule has 1 aliphatic heterocycles. The molecule has 0 bridgehead atoms. The van der Waals surface area contributed by atoms with Gasteiger partial charge < -0.3 is 19.9 Å². The Morgan fingerprint density at radius 2 is 1.16 bits per heavy atom. The Morgan fingerprint density at radius 3 is 1.53 bits per heavy atom. The number of benzene rings is 4. The summed E-state index contributed by atoms with van der Waals surface area (Å²) in [5, 5.41) is 10.2. The van der Waals surface area contributed by atoms with Crippen LogP contribution in [0.4, 0.5) is 0 Å². The summed E-state index contributed by atoms with van der Waals surface area (Å²) in [5.41, 5.74) is 15.6. The Bertz CT molecular complexity index is 2180. The van der Waals surface area contributed by atoms with Crippen LogP contribution in [0.1, 0.15) is 60.3 Å². The highest BCUT2D eigenvalue weighted by Crippen LogP contribution is 2.34. The molecule has 2 N–H and O–H groups in total. The minimum absolute atomic E-state index is 0.424. The van der Waals surface area contributed by atoms with Crippen LogP contribution in [0.2, 0.25) is 10.0 Å². The number of nitrogens with zero attached hydrogens (tertiary/aromatic N) is 3. The molecule has 4 aromatic carbocycles. The second-order valence-corrected chi connectivity index (χ2v) is 14.6. The molecule has 0 saturated carbocycles. The van der Waals surface area contributed by atoms with Crippen molar-refractivity contribution >= 4 is 23.2 Å². The number of ether oxygens (including phenoxy) is 3. The van der Waals surface area contributed by atoms with Gasteiger partial charge in [-0.1, -0.05) is 71.7 Å². The van der Waals surface area contributed by atoms with Gasteiger partial charge >= 0.3 is 0 Å². The Hall–Kier alpha value is -5.23. The Labute approximate surface area is 334 Å². The highest BCUT2D eigenvalue weighted by Gasteiger charge is 2.16. The summed E-state index contributed by atoms with van der Waals surface area (Å²) < 4.78 is 16.0. The number of nitriles is 1. The van der Waals surface area contributed by atoms with Crippen molar-refractivity contribution < 1.29 is 14.2 Å². The molecule has 55 heavy (non-hydrogen) atoms. The maximum absolute atomic E-state index is 8.82. The van der Waals surface area contributed by atoms with Crippen LogP contribution < -0.4 is 15.2 Å². The van der Waals surface area contributed by atoms with Crippen LogP contribution >= 0.6 is 23.2 Å². The summed E-state index contributed by atoms with van der Waals surface area (Å²) in [6.07, 6.45) is 7.71. The van der Waals surface area contributed by atoms with Gasteiger partial charge in [-0.05, 0) is 134 Å². The summed E-state index contributed by atoms with van der Waals surface area (Å²) in [6.45, 7) is 5.91. The molecule has 2 aromatic heterocycles. The zero-order valence-electron chi connectivity index (χ0n) is 31.7. The number of hydrogen-bond acceptors (Lipinski definition) is 7. The number of hydrogen-bond donors (Lipinski definition) is 1. The average Bonchev–Trinajstić information content (AvgIpc) is 3.79. The lowest BCUT2D eigenvalue weighted by Gasteiger charge is -2.18. The van der Waals surface area contributed by atoms with Gasteiger partial charge in [-0.2, -0.15) is 5.26 Å². The molecule has 282 valence electrons. The SMILES string of the molecule is C1CCOC1.COc1ccc(Cc2ccc(C#N)nc2)cc1-c1cccc(Cl)c1.COc1ccc(Cc2ccc(C(C)(C)N)nc2)cc1-c1cccc(Cl)c1. The molecule has 0 radical (unpaired) electrons. The first-order valence-corrected chi connectivity index (χ1v) is 18.8. The molecular weight excluding hydrogens is 727 g/mol. The van der Waals surface area contributed by atoms with E-state index >= 15 is 0 Å². The molecule has 0 atom stereocenters. The normalized spacial score (nSPS) is 12.0. The maximum Gasteiger partial charge on any atom is 0.140 e. The largest absolute Gasteiger partial charge is 0.496 e. The van der Waals surface area contributed by atoms with Crippen LogP contribution in [0.25, 0.3) is 22.3 Å². The fourth-order valence-corrected chi connectivity index (χ4v) is 6.36. The third kappa shape index (κ3) is 12.1. The molecule has 1 aliphatic rings. The Balaban J connectivity index is 0.000000187. The van der Waals surface area contributed by atoms with Crippen LogP contribution in [0.3, 0.4) is 0 Å². The standard InChI is InChI=1S/C22H23ClN2O.C20H15ClN2O.C4H8O/c1-22(2,24)21-10-8-16(14-25-21)11-15-7-9-20(26-3)19(12-15)17-5-4-6-18(23)13-17;1-24-20-8-6-14(9-15-5-7-18(12-22)23-13-15)10-19(20)16-3-2-4-17(21)11-16;1-2-4-5-3-1/h4-10,12-14H,11,24H2,1-3H3;2-8,10-11,13H,9H2,1H3;1-4H2. The van der Waals surface area contributed by atoms with E-state index in [0.29, 0.717) is 15.7 Å². The lowest BCUT2D eigenvalue weighted by Crippen LogP contribution is -2.29. The molecule has 1 fully saturated rings. The molecule has 6 aromatic rings. The Morgan fingerprint density at radius 1 is 0.673 bits per heavy atom. The third-order valence-electron chi connectivity index (χ3n) is 8.87. The quantitative estimate of drug-likeness (QED) is 0.156. The molecule has 7 nitrogen and oxygen atoms in total. The summed E-state index contributed by atoms with van der Waals surface area (Å²) in [5.74, 6) is 1.63. The van der Waals surface area contributed by atoms with Crippen molar-refractivity contribution in [2.24, 2.45) is 5.73 Å². The van der Waals surface area contributed by atoms with E-state index in [2.05, 4.69) is 34.2 Å². The van der Waals surface area contributed by atoms with E-state index in [1.807, 2.05) is 105 Å². The summed E-state index contributed by atoms with van der Waals surface area (Å²) >= 11 is 12.3. The van der Waals surface area contributed by atoms with E-state index in [1.54, 1.807) is 26.5 Å². The van der Waals surface area contributed by atoms with E-state index in [-0.39, 0.29) is 0 Å². The number of aromatic nitrogens is 2. The predicted molar refractivity (Wildman–Crippen MR) is 223 cm³/mol. The van der Waals surface area contributed by atoms with Crippen molar-refractivity contribution in [3.8, 4) is 39.8 Å². The average molecular weight is 774 g/mol. The molecule has 0 unspecified atom stereocenters. The van der Waals surface area contributed by atoms with Gasteiger partial charge in [0.25, 0.3) is 0 Å². The van der Waals surface area contributed by atoms with Crippen LogP contribution in [-0.4, -0.2) is 37.4 Å².